The molecule has 2 fully saturated rings. The molecular weight excluding hydrogens is 382 g/mol. The third kappa shape index (κ3) is 1.83. The fourth-order valence-electron chi connectivity index (χ4n) is 4.71. The Morgan fingerprint density at radius 3 is 2.40 bits per heavy atom. The molecule has 4 unspecified atom stereocenters. The molecule has 0 aromatic rings. The third-order valence-corrected chi connectivity index (χ3v) is 7.40. The molecule has 2 saturated carbocycles. The number of rotatable bonds is 2. The summed E-state index contributed by atoms with van der Waals surface area (Å²) in [5.74, 6) is 2.01. The van der Waals surface area contributed by atoms with Gasteiger partial charge in [0.2, 0.25) is 0 Å². The molecule has 0 saturated heterocycles. The minimum atomic E-state index is 0.206. The molecule has 0 amide bonds. The van der Waals surface area contributed by atoms with Gasteiger partial charge in [0.1, 0.15) is 0 Å². The number of halogens is 2. The molecule has 4 rings (SSSR count). The van der Waals surface area contributed by atoms with Gasteiger partial charge in [-0.3, -0.25) is 4.79 Å². The number of carbonyl (C=O) groups is 1. The summed E-state index contributed by atoms with van der Waals surface area (Å²) in [6.45, 7) is 0. The second kappa shape index (κ2) is 4.98. The van der Waals surface area contributed by atoms with Crippen LogP contribution in [0.4, 0.5) is 0 Å². The quantitative estimate of drug-likeness (QED) is 0.500. The van der Waals surface area contributed by atoms with Gasteiger partial charge in [0.05, 0.1) is 4.48 Å². The minimum absolute atomic E-state index is 0.206. The van der Waals surface area contributed by atoms with Gasteiger partial charge in [-0.25, -0.2) is 0 Å². The number of fused-ring (bicyclic) bond motifs is 5. The van der Waals surface area contributed by atoms with Crippen LogP contribution in [-0.4, -0.2) is 15.8 Å². The maximum atomic E-state index is 12.6. The van der Waals surface area contributed by atoms with Crippen molar-refractivity contribution in [1.29, 1.82) is 0 Å². The topological polar surface area (TPSA) is 20.3 Å². The molecule has 4 aliphatic rings. The number of Topliss-reactive ketones (excluding diaryl/α,β-unsaturated/α-hetero) is 1. The zero-order valence-electron chi connectivity index (χ0n) is 11.4. The lowest BCUT2D eigenvalue weighted by Gasteiger charge is -2.35. The summed E-state index contributed by atoms with van der Waals surface area (Å²) >= 11 is 7.42. The van der Waals surface area contributed by atoms with E-state index in [4.69, 9.17) is 0 Å². The second-order valence-electron chi connectivity index (χ2n) is 6.67. The van der Waals surface area contributed by atoms with Gasteiger partial charge < -0.3 is 3.93 Å². The highest BCUT2D eigenvalue weighted by atomic mass is 79.9. The van der Waals surface area contributed by atoms with Gasteiger partial charge >= 0.3 is 0 Å². The molecule has 0 aromatic carbocycles. The van der Waals surface area contributed by atoms with Crippen LogP contribution in [0, 0.1) is 23.7 Å². The molecule has 4 aliphatic carbocycles. The Morgan fingerprint density at radius 1 is 1.05 bits per heavy atom. The number of ketones is 1. The first kappa shape index (κ1) is 13.6. The van der Waals surface area contributed by atoms with Gasteiger partial charge in [-0.15, -0.1) is 0 Å². The van der Waals surface area contributed by atoms with Crippen molar-refractivity contribution in [3.8, 4) is 0 Å². The Hall–Kier alpha value is -0.0900. The summed E-state index contributed by atoms with van der Waals surface area (Å²) in [6, 6.07) is 0.556. The van der Waals surface area contributed by atoms with Crippen molar-refractivity contribution in [1.82, 2.24) is 3.93 Å². The molecule has 2 bridgehead atoms. The van der Waals surface area contributed by atoms with Crippen LogP contribution in [0.15, 0.2) is 22.3 Å². The van der Waals surface area contributed by atoms with Crippen LogP contribution < -0.4 is 0 Å². The van der Waals surface area contributed by atoms with E-state index in [1.165, 1.54) is 44.2 Å². The SMILES string of the molecule is O=C1C(Br)=C(N(Br)C2CCCCC2)C2C3C=CC(C3)C12. The summed E-state index contributed by atoms with van der Waals surface area (Å²) in [5.41, 5.74) is 1.24. The fourth-order valence-corrected chi connectivity index (χ4v) is 6.49. The summed E-state index contributed by atoms with van der Waals surface area (Å²) in [4.78, 5) is 12.6. The van der Waals surface area contributed by atoms with E-state index in [1.54, 1.807) is 0 Å². The Balaban J connectivity index is 1.65. The van der Waals surface area contributed by atoms with Crippen molar-refractivity contribution in [2.75, 3.05) is 0 Å². The largest absolute Gasteiger partial charge is 0.308 e. The number of allylic oxidation sites excluding steroid dienone is 4. The lowest BCUT2D eigenvalue weighted by atomic mass is 9.83. The minimum Gasteiger partial charge on any atom is -0.308 e. The molecular formula is C16H19Br2NO. The monoisotopic (exact) mass is 399 g/mol. The number of hydrogen-bond donors (Lipinski definition) is 0. The van der Waals surface area contributed by atoms with E-state index in [-0.39, 0.29) is 5.92 Å². The molecule has 0 aromatic heterocycles. The maximum Gasteiger partial charge on any atom is 0.175 e. The molecule has 4 atom stereocenters. The van der Waals surface area contributed by atoms with Gasteiger partial charge in [0.15, 0.2) is 5.78 Å². The average molecular weight is 401 g/mol. The van der Waals surface area contributed by atoms with Crippen molar-refractivity contribution in [3.05, 3.63) is 22.3 Å². The molecule has 0 heterocycles. The van der Waals surface area contributed by atoms with Crippen molar-refractivity contribution >= 4 is 37.9 Å². The van der Waals surface area contributed by atoms with E-state index in [0.717, 1.165) is 4.48 Å². The highest BCUT2D eigenvalue weighted by molar-refractivity contribution is 9.12. The van der Waals surface area contributed by atoms with E-state index in [2.05, 4.69) is 48.2 Å². The molecule has 0 radical (unpaired) electrons. The summed E-state index contributed by atoms with van der Waals surface area (Å²) in [5, 5.41) is 0. The lowest BCUT2D eigenvalue weighted by molar-refractivity contribution is -0.119. The lowest BCUT2D eigenvalue weighted by Crippen LogP contribution is -2.32. The van der Waals surface area contributed by atoms with Gasteiger partial charge in [-0.2, -0.15) is 0 Å². The molecule has 0 spiro atoms. The number of carbonyl (C=O) groups excluding carboxylic acids is 1. The smallest absolute Gasteiger partial charge is 0.175 e. The van der Waals surface area contributed by atoms with Crippen LogP contribution in [0.3, 0.4) is 0 Å². The maximum absolute atomic E-state index is 12.6. The van der Waals surface area contributed by atoms with Crippen LogP contribution in [0.1, 0.15) is 38.5 Å². The zero-order valence-corrected chi connectivity index (χ0v) is 14.6. The van der Waals surface area contributed by atoms with Crippen LogP contribution in [0.5, 0.6) is 0 Å². The molecule has 0 N–H and O–H groups in total. The summed E-state index contributed by atoms with van der Waals surface area (Å²) < 4.78 is 3.11. The first-order chi connectivity index (χ1) is 9.68. The highest BCUT2D eigenvalue weighted by Crippen LogP contribution is 2.58. The highest BCUT2D eigenvalue weighted by Gasteiger charge is 2.56. The normalized spacial score (nSPS) is 39.8. The van der Waals surface area contributed by atoms with Crippen molar-refractivity contribution in [2.45, 2.75) is 44.6 Å². The predicted octanol–water partition coefficient (Wildman–Crippen LogP) is 4.56. The predicted molar refractivity (Wildman–Crippen MR) is 86.3 cm³/mol. The van der Waals surface area contributed by atoms with Crippen LogP contribution in [-0.2, 0) is 4.79 Å². The molecule has 108 valence electrons. The van der Waals surface area contributed by atoms with Gasteiger partial charge in [-0.1, -0.05) is 31.4 Å². The Labute approximate surface area is 137 Å². The van der Waals surface area contributed by atoms with E-state index >= 15 is 0 Å². The van der Waals surface area contributed by atoms with Crippen molar-refractivity contribution in [2.24, 2.45) is 23.7 Å². The molecule has 4 heteroatoms. The van der Waals surface area contributed by atoms with Crippen molar-refractivity contribution in [3.63, 3.8) is 0 Å². The second-order valence-corrected chi connectivity index (χ2v) is 8.22. The van der Waals surface area contributed by atoms with Gasteiger partial charge in [0.25, 0.3) is 0 Å². The van der Waals surface area contributed by atoms with E-state index in [0.29, 0.717) is 29.6 Å². The first-order valence-electron chi connectivity index (χ1n) is 7.75. The first-order valence-corrected chi connectivity index (χ1v) is 9.26. The Kier molecular flexibility index (Phi) is 3.38. The van der Waals surface area contributed by atoms with Crippen LogP contribution >= 0.6 is 32.1 Å². The average Bonchev–Trinajstić information content (AvgIpc) is 3.14. The molecule has 0 aliphatic heterocycles. The van der Waals surface area contributed by atoms with E-state index in [1.807, 2.05) is 0 Å². The van der Waals surface area contributed by atoms with E-state index < -0.39 is 0 Å². The van der Waals surface area contributed by atoms with Crippen LogP contribution in [0.25, 0.3) is 0 Å². The van der Waals surface area contributed by atoms with E-state index in [9.17, 15) is 4.79 Å². The van der Waals surface area contributed by atoms with Crippen LogP contribution in [0.2, 0.25) is 0 Å². The number of nitrogens with zero attached hydrogens (tertiary/aromatic N) is 1. The summed E-state index contributed by atoms with van der Waals surface area (Å²) in [7, 11) is 0. The van der Waals surface area contributed by atoms with Gasteiger partial charge in [-0.05, 0) is 47.0 Å². The third-order valence-electron chi connectivity index (χ3n) is 5.64. The zero-order chi connectivity index (χ0) is 13.9. The number of hydrogen-bond acceptors (Lipinski definition) is 2. The molecule has 20 heavy (non-hydrogen) atoms. The standard InChI is InChI=1S/C16H19Br2NO/c17-14-15(19(18)11-4-2-1-3-5-11)12-9-6-7-10(8-9)13(12)16(14)20/h6-7,9-13H,1-5,8H2. The van der Waals surface area contributed by atoms with Gasteiger partial charge in [0, 0.05) is 39.7 Å². The Bertz CT molecular complexity index is 507. The summed E-state index contributed by atoms with van der Waals surface area (Å²) in [6.07, 6.45) is 12.2. The fraction of sp³-hybridized carbons (Fsp3) is 0.688. The molecule has 2 nitrogen and oxygen atoms in total. The Morgan fingerprint density at radius 2 is 1.70 bits per heavy atom. The van der Waals surface area contributed by atoms with Crippen molar-refractivity contribution < 1.29 is 4.79 Å².